The van der Waals surface area contributed by atoms with Crippen molar-refractivity contribution in [2.24, 2.45) is 11.5 Å². The van der Waals surface area contributed by atoms with E-state index in [0.717, 1.165) is 48.6 Å². The zero-order valence-corrected chi connectivity index (χ0v) is 40.3. The Morgan fingerprint density at radius 2 is 0.712 bits per heavy atom. The van der Waals surface area contributed by atoms with Gasteiger partial charge in [-0.3, -0.25) is 0 Å². The number of rotatable bonds is 12. The molecule has 0 fully saturated rings. The van der Waals surface area contributed by atoms with Crippen LogP contribution >= 0.6 is 0 Å². The zero-order chi connectivity index (χ0) is 49.6. The van der Waals surface area contributed by atoms with E-state index in [0.29, 0.717) is 24.3 Å². The van der Waals surface area contributed by atoms with Crippen LogP contribution in [0.15, 0.2) is 182 Å². The molecule has 14 nitrogen and oxygen atoms in total. The molecular weight excluding hydrogens is 877 g/mol. The Balaban J connectivity index is 0. The van der Waals surface area contributed by atoms with Crippen LogP contribution in [0.4, 0.5) is 5.69 Å². The third kappa shape index (κ3) is 42.5. The molecule has 0 aliphatic rings. The summed E-state index contributed by atoms with van der Waals surface area (Å²) in [6, 6.07) is 58.7. The largest absolute Gasteiger partial charge is 0.458 e. The van der Waals surface area contributed by atoms with Crippen LogP contribution in [0.25, 0.3) is 4.85 Å². The van der Waals surface area contributed by atoms with Gasteiger partial charge in [0.25, 0.3) is 0 Å². The van der Waals surface area contributed by atoms with Crippen LogP contribution in [0.1, 0.15) is 33.3 Å². The van der Waals surface area contributed by atoms with Gasteiger partial charge in [-0.2, -0.15) is 5.26 Å². The molecule has 0 aromatic heterocycles. The third-order valence-electron chi connectivity index (χ3n) is 6.48. The van der Waals surface area contributed by atoms with Crippen molar-refractivity contribution in [3.63, 3.8) is 0 Å². The second-order valence-electron chi connectivity index (χ2n) is 12.3. The Bertz CT molecular complexity index is 2040. The molecule has 6 N–H and O–H groups in total. The number of hydrogen-bond acceptors (Lipinski definition) is 11. The van der Waals surface area contributed by atoms with Crippen molar-refractivity contribution in [3.05, 3.63) is 199 Å². The van der Waals surface area contributed by atoms with Crippen molar-refractivity contribution in [1.29, 1.82) is 5.26 Å². The molecule has 0 amide bonds. The van der Waals surface area contributed by atoms with Crippen LogP contribution in [0, 0.1) is 17.9 Å². The molecule has 6 rings (SSSR count). The first-order chi connectivity index (χ1) is 31.7. The standard InChI is InChI=1S/2C13H12O2.2C7H5N.2C3H9NO2S.2C2H7N/c2*1-3-7-12(8-4-1)14-11-15-13-9-5-2-6-10-13;1-8-7-5-3-2-4-6-7;8-6-7-4-2-1-3-5-7;2*1-3-4-7(2,5)6;2*1-2-3/h2*1-10H,11H2;2-6H;1-5H;2*4H,3H2,1-2H3;2*2-3H2,1H3. The first-order valence-corrected chi connectivity index (χ1v) is 24.4. The molecule has 16 heteroatoms. The van der Waals surface area contributed by atoms with Crippen LogP contribution in [0.3, 0.4) is 0 Å². The van der Waals surface area contributed by atoms with Gasteiger partial charge in [0.15, 0.2) is 5.69 Å². The van der Waals surface area contributed by atoms with Gasteiger partial charge in [-0.05, 0) is 73.8 Å². The maximum Gasteiger partial charge on any atom is 0.230 e. The van der Waals surface area contributed by atoms with E-state index in [9.17, 15) is 16.8 Å². The van der Waals surface area contributed by atoms with Gasteiger partial charge in [0.05, 0.1) is 30.7 Å². The van der Waals surface area contributed by atoms with Gasteiger partial charge < -0.3 is 30.4 Å². The van der Waals surface area contributed by atoms with Crippen LogP contribution in [0.2, 0.25) is 0 Å². The Kier molecular flexibility index (Phi) is 39.2. The number of nitrogens with two attached hydrogens (primary N) is 2. The number of nitrogens with zero attached hydrogens (tertiary/aromatic N) is 2. The molecule has 0 bridgehead atoms. The monoisotopic (exact) mass is 942 g/mol. The Labute approximate surface area is 394 Å². The average molecular weight is 943 g/mol. The highest BCUT2D eigenvalue weighted by Gasteiger charge is 1.95. The van der Waals surface area contributed by atoms with Crippen molar-refractivity contribution in [1.82, 2.24) is 9.44 Å². The summed E-state index contributed by atoms with van der Waals surface area (Å²) in [5, 5.41) is 8.29. The molecule has 0 unspecified atom stereocenters. The first kappa shape index (κ1) is 61.3. The van der Waals surface area contributed by atoms with Crippen LogP contribution in [-0.4, -0.2) is 69.1 Å². The number of para-hydroxylation sites is 5. The molecule has 6 aromatic rings. The SMILES string of the molecule is CCN.CCN.CCNS(C)(=O)=O.CCNS(C)(=O)=O.N#Cc1ccccc1.[C-]#[N+]c1ccccc1.c1ccc(OCOc2ccccc2)cc1.c1ccc(OCOc2ccccc2)cc1. The smallest absolute Gasteiger partial charge is 0.230 e. The molecule has 0 atom stereocenters. The Morgan fingerprint density at radius 3 is 0.864 bits per heavy atom. The molecule has 0 heterocycles. The minimum Gasteiger partial charge on any atom is -0.458 e. The minimum atomic E-state index is -2.92. The topological polar surface area (TPSA) is 209 Å². The number of nitriles is 1. The molecule has 6 aromatic carbocycles. The van der Waals surface area contributed by atoms with E-state index in [1.54, 1.807) is 38.1 Å². The predicted molar refractivity (Wildman–Crippen MR) is 268 cm³/mol. The molecule has 356 valence electrons. The van der Waals surface area contributed by atoms with Gasteiger partial charge in [0.2, 0.25) is 33.6 Å². The van der Waals surface area contributed by atoms with E-state index >= 15 is 0 Å². The molecular formula is C50H66N6O8S2. The lowest BCUT2D eigenvalue weighted by molar-refractivity contribution is 0.119. The quantitative estimate of drug-likeness (QED) is 0.0672. The fourth-order valence-corrected chi connectivity index (χ4v) is 4.99. The Hall–Kier alpha value is -6.76. The van der Waals surface area contributed by atoms with E-state index in [1.165, 1.54) is 0 Å². The second kappa shape index (κ2) is 42.2. The fraction of sp³-hybridized carbons (Fsp3) is 0.240. The number of hydrogen-bond donors (Lipinski definition) is 4. The van der Waals surface area contributed by atoms with E-state index in [1.807, 2.05) is 178 Å². The van der Waals surface area contributed by atoms with Crippen molar-refractivity contribution in [2.45, 2.75) is 27.7 Å². The minimum absolute atomic E-state index is 0.230. The number of ether oxygens (including phenoxy) is 4. The fourth-order valence-electron chi connectivity index (χ4n) is 3.94. The lowest BCUT2D eigenvalue weighted by atomic mass is 10.2. The highest BCUT2D eigenvalue weighted by Crippen LogP contribution is 2.13. The van der Waals surface area contributed by atoms with Crippen molar-refractivity contribution < 1.29 is 35.8 Å². The first-order valence-electron chi connectivity index (χ1n) is 20.6. The van der Waals surface area contributed by atoms with E-state index in [2.05, 4.69) is 14.3 Å². The van der Waals surface area contributed by atoms with Gasteiger partial charge in [0.1, 0.15) is 23.0 Å². The average Bonchev–Trinajstić information content (AvgIpc) is 3.32. The highest BCUT2D eigenvalue weighted by atomic mass is 32.2. The van der Waals surface area contributed by atoms with Crippen molar-refractivity contribution in [3.8, 4) is 29.1 Å². The summed E-state index contributed by atoms with van der Waals surface area (Å²) in [7, 11) is -5.85. The maximum atomic E-state index is 10.1. The van der Waals surface area contributed by atoms with E-state index in [4.69, 9.17) is 42.2 Å². The predicted octanol–water partition coefficient (Wildman–Crippen LogP) is 9.04. The molecule has 0 aliphatic heterocycles. The van der Waals surface area contributed by atoms with E-state index < -0.39 is 20.0 Å². The van der Waals surface area contributed by atoms with E-state index in [-0.39, 0.29) is 13.6 Å². The lowest BCUT2D eigenvalue weighted by Crippen LogP contribution is -2.20. The van der Waals surface area contributed by atoms with Crippen LogP contribution in [0.5, 0.6) is 23.0 Å². The Morgan fingerprint density at radius 1 is 0.485 bits per heavy atom. The van der Waals surface area contributed by atoms with Gasteiger partial charge in [-0.15, -0.1) is 0 Å². The number of sulfonamides is 2. The van der Waals surface area contributed by atoms with Gasteiger partial charge >= 0.3 is 0 Å². The molecule has 66 heavy (non-hydrogen) atoms. The van der Waals surface area contributed by atoms with Gasteiger partial charge in [-0.1, -0.05) is 149 Å². The van der Waals surface area contributed by atoms with Crippen LogP contribution in [-0.2, 0) is 20.0 Å². The zero-order valence-electron chi connectivity index (χ0n) is 38.7. The summed E-state index contributed by atoms with van der Waals surface area (Å²) >= 11 is 0. The number of nitrogens with one attached hydrogen (secondary N) is 2. The summed E-state index contributed by atoms with van der Waals surface area (Å²) in [4.78, 5) is 3.22. The summed E-state index contributed by atoms with van der Waals surface area (Å²) in [5.74, 6) is 3.25. The summed E-state index contributed by atoms with van der Waals surface area (Å²) in [6.45, 7) is 16.8. The molecule has 0 aliphatic carbocycles. The second-order valence-corrected chi connectivity index (χ2v) is 16.0. The maximum absolute atomic E-state index is 10.1. The molecule has 0 spiro atoms. The number of benzene rings is 6. The van der Waals surface area contributed by atoms with Crippen molar-refractivity contribution in [2.75, 3.05) is 52.3 Å². The third-order valence-corrected chi connectivity index (χ3v) is 8.10. The van der Waals surface area contributed by atoms with Crippen molar-refractivity contribution >= 4 is 25.7 Å². The van der Waals surface area contributed by atoms with Gasteiger partial charge in [0, 0.05) is 13.1 Å². The molecule has 0 radical (unpaired) electrons. The summed E-state index contributed by atoms with van der Waals surface area (Å²) in [5.41, 5.74) is 11.1. The lowest BCUT2D eigenvalue weighted by Gasteiger charge is -2.07. The summed E-state index contributed by atoms with van der Waals surface area (Å²) in [6.07, 6.45) is 2.27. The molecule has 0 saturated heterocycles. The summed E-state index contributed by atoms with van der Waals surface area (Å²) < 4.78 is 66.5. The highest BCUT2D eigenvalue weighted by molar-refractivity contribution is 7.89. The normalized spacial score (nSPS) is 9.30. The van der Waals surface area contributed by atoms with Gasteiger partial charge in [-0.25, -0.2) is 31.1 Å². The molecule has 0 saturated carbocycles. The van der Waals surface area contributed by atoms with Crippen LogP contribution < -0.4 is 39.9 Å².